The van der Waals surface area contributed by atoms with Gasteiger partial charge >= 0.3 is 5.97 Å². The molecule has 6 nitrogen and oxygen atoms in total. The highest BCUT2D eigenvalue weighted by Gasteiger charge is 2.51. The Morgan fingerprint density at radius 2 is 1.93 bits per heavy atom. The summed E-state index contributed by atoms with van der Waals surface area (Å²) in [6.45, 7) is 16.7. The molecule has 1 saturated heterocycles. The monoisotopic (exact) mass is 391 g/mol. The Hall–Kier alpha value is -1.45. The molecule has 1 fully saturated rings. The van der Waals surface area contributed by atoms with E-state index in [-0.39, 0.29) is 17.4 Å². The van der Waals surface area contributed by atoms with Gasteiger partial charge in [-0.15, -0.1) is 0 Å². The molecule has 2 aliphatic rings. The summed E-state index contributed by atoms with van der Waals surface area (Å²) in [5.74, 6) is 0.275. The van der Waals surface area contributed by atoms with Crippen LogP contribution in [0.15, 0.2) is 4.99 Å². The maximum atomic E-state index is 12.3. The van der Waals surface area contributed by atoms with Crippen LogP contribution in [0, 0.1) is 22.7 Å². The van der Waals surface area contributed by atoms with Crippen molar-refractivity contribution in [1.82, 2.24) is 5.06 Å². The van der Waals surface area contributed by atoms with E-state index in [2.05, 4.69) is 38.8 Å². The first-order valence-corrected chi connectivity index (χ1v) is 10.4. The number of hydroxylamine groups is 2. The van der Waals surface area contributed by atoms with Crippen LogP contribution in [0.2, 0.25) is 0 Å². The van der Waals surface area contributed by atoms with Crippen LogP contribution >= 0.6 is 0 Å². The maximum absolute atomic E-state index is 12.3. The van der Waals surface area contributed by atoms with Gasteiger partial charge < -0.3 is 4.74 Å². The van der Waals surface area contributed by atoms with Gasteiger partial charge in [-0.05, 0) is 66.7 Å². The summed E-state index contributed by atoms with van der Waals surface area (Å²) >= 11 is 0. The molecule has 0 bridgehead atoms. The third-order valence-corrected chi connectivity index (χ3v) is 5.77. The molecule has 0 aliphatic carbocycles. The summed E-state index contributed by atoms with van der Waals surface area (Å²) in [6, 6.07) is 2.48. The number of rotatable bonds is 7. The minimum atomic E-state index is -0.989. The fourth-order valence-electron chi connectivity index (χ4n) is 4.36. The number of aliphatic imine (C=N–C) groups is 1. The molecule has 2 atom stereocenters. The van der Waals surface area contributed by atoms with Crippen LogP contribution < -0.4 is 0 Å². The summed E-state index contributed by atoms with van der Waals surface area (Å²) in [4.78, 5) is 23.5. The minimum Gasteiger partial charge on any atom is -0.407 e. The Morgan fingerprint density at radius 1 is 1.29 bits per heavy atom. The molecule has 0 aromatic carbocycles. The molecule has 0 spiro atoms. The van der Waals surface area contributed by atoms with Gasteiger partial charge in [-0.2, -0.15) is 10.3 Å². The Kier molecular flexibility index (Phi) is 6.33. The average molecular weight is 392 g/mol. The van der Waals surface area contributed by atoms with Crippen molar-refractivity contribution >= 4 is 11.9 Å². The first-order valence-electron chi connectivity index (χ1n) is 10.4. The lowest BCUT2D eigenvalue weighted by molar-refractivity contribution is -0.278. The molecule has 0 aromatic heterocycles. The second-order valence-electron chi connectivity index (χ2n) is 10.5. The normalized spacial score (nSPS) is 26.1. The Morgan fingerprint density at radius 3 is 2.39 bits per heavy atom. The standard InChI is InChI=1S/C22H37N3O3/c1-16(2)13-21(7,15-23)14-22(8,17-24-20(5,6)18(26)27-17)28-25-12-10-9-11-19(25,3)4/h16H,9-14H2,1-8H3. The molecule has 158 valence electrons. The van der Waals surface area contributed by atoms with E-state index in [4.69, 9.17) is 9.57 Å². The first-order chi connectivity index (χ1) is 12.7. The quantitative estimate of drug-likeness (QED) is 0.591. The Labute approximate surface area is 170 Å². The Balaban J connectivity index is 2.41. The fourth-order valence-corrected chi connectivity index (χ4v) is 4.36. The number of nitrogens with zero attached hydrogens (tertiary/aromatic N) is 3. The van der Waals surface area contributed by atoms with Crippen LogP contribution in [0.25, 0.3) is 0 Å². The van der Waals surface area contributed by atoms with Crippen molar-refractivity contribution < 1.29 is 14.4 Å². The summed E-state index contributed by atoms with van der Waals surface area (Å²) < 4.78 is 5.60. The van der Waals surface area contributed by atoms with Crippen LogP contribution in [0.4, 0.5) is 0 Å². The van der Waals surface area contributed by atoms with Gasteiger partial charge in [0.1, 0.15) is 0 Å². The third kappa shape index (κ3) is 4.93. The van der Waals surface area contributed by atoms with E-state index in [1.54, 1.807) is 13.8 Å². The van der Waals surface area contributed by atoms with E-state index in [9.17, 15) is 10.1 Å². The summed E-state index contributed by atoms with van der Waals surface area (Å²) in [5, 5.41) is 11.9. The molecule has 28 heavy (non-hydrogen) atoms. The number of carbonyl (C=O) groups is 1. The van der Waals surface area contributed by atoms with Crippen molar-refractivity contribution in [3.05, 3.63) is 0 Å². The molecule has 2 heterocycles. The van der Waals surface area contributed by atoms with E-state index < -0.39 is 16.6 Å². The fraction of sp³-hybridized carbons (Fsp3) is 0.864. The second kappa shape index (κ2) is 7.76. The molecule has 0 amide bonds. The van der Waals surface area contributed by atoms with Gasteiger partial charge in [0.2, 0.25) is 5.90 Å². The lowest BCUT2D eigenvalue weighted by atomic mass is 9.75. The number of cyclic esters (lactones) is 1. The van der Waals surface area contributed by atoms with Crippen molar-refractivity contribution in [2.45, 2.75) is 104 Å². The van der Waals surface area contributed by atoms with Crippen molar-refractivity contribution in [2.75, 3.05) is 6.54 Å². The number of piperidine rings is 1. The van der Waals surface area contributed by atoms with Crippen molar-refractivity contribution in [3.63, 3.8) is 0 Å². The topological polar surface area (TPSA) is 74.9 Å². The molecule has 0 aromatic rings. The lowest BCUT2D eigenvalue weighted by Crippen LogP contribution is -2.55. The number of ether oxygens (including phenoxy) is 1. The molecule has 0 N–H and O–H groups in total. The van der Waals surface area contributed by atoms with Crippen LogP contribution in [-0.4, -0.2) is 40.2 Å². The SMILES string of the molecule is CC(C)CC(C)(C#N)CC(C)(ON1CCCCC1(C)C)C1=NC(C)(C)C(=O)O1. The van der Waals surface area contributed by atoms with Gasteiger partial charge in [0.25, 0.3) is 0 Å². The molecule has 0 saturated carbocycles. The second-order valence-corrected chi connectivity index (χ2v) is 10.5. The smallest absolute Gasteiger partial charge is 0.340 e. The number of hydrogen-bond acceptors (Lipinski definition) is 6. The van der Waals surface area contributed by atoms with E-state index in [1.165, 1.54) is 0 Å². The van der Waals surface area contributed by atoms with Gasteiger partial charge in [-0.3, -0.25) is 4.84 Å². The molecule has 6 heteroatoms. The van der Waals surface area contributed by atoms with Crippen molar-refractivity contribution in [1.29, 1.82) is 5.26 Å². The van der Waals surface area contributed by atoms with Crippen LogP contribution in [-0.2, 0) is 14.4 Å². The van der Waals surface area contributed by atoms with E-state index >= 15 is 0 Å². The third-order valence-electron chi connectivity index (χ3n) is 5.77. The predicted molar refractivity (Wildman–Crippen MR) is 110 cm³/mol. The zero-order chi connectivity index (χ0) is 21.4. The molecule has 2 aliphatic heterocycles. The molecule has 0 radical (unpaired) electrons. The number of esters is 1. The van der Waals surface area contributed by atoms with Gasteiger partial charge in [0, 0.05) is 18.5 Å². The number of nitriles is 1. The van der Waals surface area contributed by atoms with Crippen molar-refractivity contribution in [3.8, 4) is 6.07 Å². The highest BCUT2D eigenvalue weighted by molar-refractivity contribution is 6.03. The largest absolute Gasteiger partial charge is 0.407 e. The van der Waals surface area contributed by atoms with Crippen LogP contribution in [0.3, 0.4) is 0 Å². The zero-order valence-corrected chi connectivity index (χ0v) is 18.9. The van der Waals surface area contributed by atoms with Gasteiger partial charge in [-0.1, -0.05) is 20.3 Å². The predicted octanol–water partition coefficient (Wildman–Crippen LogP) is 4.64. The van der Waals surface area contributed by atoms with E-state index in [0.717, 1.165) is 32.2 Å². The highest BCUT2D eigenvalue weighted by Crippen LogP contribution is 2.41. The molecular formula is C22H37N3O3. The van der Waals surface area contributed by atoms with Gasteiger partial charge in [0.15, 0.2) is 11.1 Å². The molecule has 2 unspecified atom stereocenters. The minimum absolute atomic E-state index is 0.126. The molecular weight excluding hydrogens is 354 g/mol. The van der Waals surface area contributed by atoms with Gasteiger partial charge in [-0.25, -0.2) is 9.79 Å². The Bertz CT molecular complexity index is 677. The number of hydrogen-bond donors (Lipinski definition) is 0. The van der Waals surface area contributed by atoms with Crippen LogP contribution in [0.5, 0.6) is 0 Å². The zero-order valence-electron chi connectivity index (χ0n) is 18.9. The lowest BCUT2D eigenvalue weighted by Gasteiger charge is -2.46. The number of carbonyl (C=O) groups excluding carboxylic acids is 1. The summed E-state index contributed by atoms with van der Waals surface area (Å²) in [6.07, 6.45) is 4.39. The van der Waals surface area contributed by atoms with E-state index in [0.29, 0.717) is 12.3 Å². The summed E-state index contributed by atoms with van der Waals surface area (Å²) in [5.41, 5.74) is -2.67. The van der Waals surface area contributed by atoms with Gasteiger partial charge in [0.05, 0.1) is 11.5 Å². The first kappa shape index (κ1) is 22.8. The summed E-state index contributed by atoms with van der Waals surface area (Å²) in [7, 11) is 0. The molecule has 2 rings (SSSR count). The van der Waals surface area contributed by atoms with Crippen LogP contribution in [0.1, 0.15) is 87.5 Å². The average Bonchev–Trinajstić information content (AvgIpc) is 2.83. The van der Waals surface area contributed by atoms with E-state index in [1.807, 2.05) is 18.9 Å². The van der Waals surface area contributed by atoms with Crippen molar-refractivity contribution in [2.24, 2.45) is 16.3 Å². The maximum Gasteiger partial charge on any atom is 0.340 e. The highest BCUT2D eigenvalue weighted by atomic mass is 16.7.